The van der Waals surface area contributed by atoms with Gasteiger partial charge in [-0.3, -0.25) is 4.79 Å². The molecule has 4 rings (SSSR count). The van der Waals surface area contributed by atoms with Crippen molar-refractivity contribution in [1.82, 2.24) is 9.78 Å². The molecule has 2 aliphatic heterocycles. The molecule has 10 heteroatoms. The van der Waals surface area contributed by atoms with Gasteiger partial charge in [0.15, 0.2) is 5.82 Å². The monoisotopic (exact) mass is 446 g/mol. The van der Waals surface area contributed by atoms with E-state index in [0.717, 1.165) is 42.3 Å². The Morgan fingerprint density at radius 1 is 1.37 bits per heavy atom. The quantitative estimate of drug-likeness (QED) is 0.383. The van der Waals surface area contributed by atoms with Gasteiger partial charge in [0.1, 0.15) is 18.1 Å². The number of thiol groups is 1. The minimum absolute atomic E-state index is 0.0637. The Kier molecular flexibility index (Phi) is 6.24. The van der Waals surface area contributed by atoms with E-state index >= 15 is 0 Å². The molecule has 0 unspecified atom stereocenters. The molecular formula is C20H26N6O2S2. The predicted octanol–water partition coefficient (Wildman–Crippen LogP) is 4.61. The van der Waals surface area contributed by atoms with E-state index in [9.17, 15) is 4.79 Å². The first-order valence-electron chi connectivity index (χ1n) is 10.1. The van der Waals surface area contributed by atoms with Crippen LogP contribution in [0.5, 0.6) is 0 Å². The maximum Gasteiger partial charge on any atom is 0.325 e. The summed E-state index contributed by atoms with van der Waals surface area (Å²) in [7, 11) is 1.36. The minimum Gasteiger partial charge on any atom is -0.468 e. The van der Waals surface area contributed by atoms with Crippen molar-refractivity contribution in [2.75, 3.05) is 42.7 Å². The van der Waals surface area contributed by atoms with E-state index in [-0.39, 0.29) is 18.6 Å². The summed E-state index contributed by atoms with van der Waals surface area (Å²) in [4.78, 5) is 16.0. The molecule has 0 fully saturated rings. The van der Waals surface area contributed by atoms with Crippen LogP contribution in [0.25, 0.3) is 0 Å². The van der Waals surface area contributed by atoms with E-state index in [2.05, 4.69) is 31.6 Å². The molecule has 0 saturated heterocycles. The molecule has 0 aliphatic carbocycles. The number of thioether (sulfide) groups is 1. The summed E-state index contributed by atoms with van der Waals surface area (Å²) in [5.74, 6) is 1.89. The molecule has 0 radical (unpaired) electrons. The standard InChI is InChI=1S/C20H26N6O2S2/c1-12(2)26-16(21-11-17(27)28-3)10-15(24-26)23-22-14-9-13-5-4-6-25-7-8-30-20(18(13)25)19(14)29/h9-10,12,21,29H,4-8,11H2,1-3H3. The van der Waals surface area contributed by atoms with E-state index in [1.165, 1.54) is 23.3 Å². The lowest BCUT2D eigenvalue weighted by Gasteiger charge is -2.37. The van der Waals surface area contributed by atoms with Crippen molar-refractivity contribution >= 4 is 53.4 Å². The molecule has 1 aromatic heterocycles. The number of anilines is 2. The lowest BCUT2D eigenvalue weighted by atomic mass is 10.0. The van der Waals surface area contributed by atoms with Crippen LogP contribution in [0, 0.1) is 0 Å². The number of nitrogens with one attached hydrogen (secondary N) is 1. The van der Waals surface area contributed by atoms with Gasteiger partial charge < -0.3 is 15.0 Å². The van der Waals surface area contributed by atoms with Crippen LogP contribution in [-0.2, 0) is 16.0 Å². The van der Waals surface area contributed by atoms with Crippen LogP contribution in [0.4, 0.5) is 23.0 Å². The average Bonchev–Trinajstić information content (AvgIpc) is 3.17. The third-order valence-electron chi connectivity index (χ3n) is 5.20. The van der Waals surface area contributed by atoms with Crippen LogP contribution in [0.15, 0.2) is 32.2 Å². The summed E-state index contributed by atoms with van der Waals surface area (Å²) < 4.78 is 6.47. The lowest BCUT2D eigenvalue weighted by molar-refractivity contribution is -0.138. The highest BCUT2D eigenvalue weighted by Gasteiger charge is 2.27. The van der Waals surface area contributed by atoms with Crippen molar-refractivity contribution in [3.63, 3.8) is 0 Å². The van der Waals surface area contributed by atoms with E-state index in [0.29, 0.717) is 11.6 Å². The molecule has 30 heavy (non-hydrogen) atoms. The third-order valence-corrected chi connectivity index (χ3v) is 6.88. The minimum atomic E-state index is -0.344. The Labute approximate surface area is 185 Å². The molecule has 0 amide bonds. The molecule has 0 saturated carbocycles. The summed E-state index contributed by atoms with van der Waals surface area (Å²) in [5, 5.41) is 16.4. The molecule has 1 N–H and O–H groups in total. The van der Waals surface area contributed by atoms with E-state index in [1.54, 1.807) is 10.7 Å². The fraction of sp³-hybridized carbons (Fsp3) is 0.500. The zero-order valence-electron chi connectivity index (χ0n) is 17.4. The number of hydrogen-bond acceptors (Lipinski definition) is 9. The Hall–Kier alpha value is -2.20. The molecule has 1 aromatic carbocycles. The largest absolute Gasteiger partial charge is 0.468 e. The van der Waals surface area contributed by atoms with Crippen molar-refractivity contribution in [2.24, 2.45) is 10.2 Å². The fourth-order valence-electron chi connectivity index (χ4n) is 3.78. The van der Waals surface area contributed by atoms with Gasteiger partial charge in [-0.2, -0.15) is 0 Å². The molecule has 2 aromatic rings. The number of rotatable bonds is 6. The second-order valence-electron chi connectivity index (χ2n) is 7.58. The first-order valence-corrected chi connectivity index (χ1v) is 11.5. The van der Waals surface area contributed by atoms with Crippen LogP contribution >= 0.6 is 24.4 Å². The van der Waals surface area contributed by atoms with Crippen LogP contribution < -0.4 is 10.2 Å². The maximum absolute atomic E-state index is 11.5. The maximum atomic E-state index is 11.5. The predicted molar refractivity (Wildman–Crippen MR) is 122 cm³/mol. The van der Waals surface area contributed by atoms with Gasteiger partial charge in [-0.15, -0.1) is 39.7 Å². The molecule has 0 atom stereocenters. The first-order chi connectivity index (χ1) is 14.5. The zero-order chi connectivity index (χ0) is 21.3. The Balaban J connectivity index is 1.62. The van der Waals surface area contributed by atoms with Crippen molar-refractivity contribution in [1.29, 1.82) is 0 Å². The van der Waals surface area contributed by atoms with Crippen LogP contribution in [0.3, 0.4) is 0 Å². The average molecular weight is 447 g/mol. The molecule has 0 bridgehead atoms. The van der Waals surface area contributed by atoms with Gasteiger partial charge in [-0.25, -0.2) is 4.68 Å². The third kappa shape index (κ3) is 4.15. The molecule has 0 spiro atoms. The second kappa shape index (κ2) is 8.89. The van der Waals surface area contributed by atoms with Crippen molar-refractivity contribution < 1.29 is 9.53 Å². The fourth-order valence-corrected chi connectivity index (χ4v) is 5.34. The second-order valence-corrected chi connectivity index (χ2v) is 9.13. The van der Waals surface area contributed by atoms with Gasteiger partial charge in [-0.1, -0.05) is 0 Å². The van der Waals surface area contributed by atoms with Gasteiger partial charge in [0.05, 0.1) is 12.8 Å². The summed E-state index contributed by atoms with van der Waals surface area (Å²) in [5.41, 5.74) is 3.43. The highest BCUT2D eigenvalue weighted by molar-refractivity contribution is 8.00. The first kappa shape index (κ1) is 21.0. The topological polar surface area (TPSA) is 84.1 Å². The molecular weight excluding hydrogens is 420 g/mol. The van der Waals surface area contributed by atoms with Crippen molar-refractivity contribution in [3.8, 4) is 0 Å². The number of carbonyl (C=O) groups is 1. The number of nitrogens with zero attached hydrogens (tertiary/aromatic N) is 5. The number of aryl methyl sites for hydroxylation is 1. The highest BCUT2D eigenvalue weighted by Crippen LogP contribution is 2.47. The number of methoxy groups -OCH3 is 1. The summed E-state index contributed by atoms with van der Waals surface area (Å²) in [6.45, 7) is 6.30. The van der Waals surface area contributed by atoms with Crippen LogP contribution in [0.1, 0.15) is 31.9 Å². The number of ether oxygens (including phenoxy) is 1. The van der Waals surface area contributed by atoms with Gasteiger partial charge in [0, 0.05) is 40.7 Å². The SMILES string of the molecule is COC(=O)CNc1cc(N=Nc2cc3c4c(c2S)SCCN4CCC3)nn1C(C)C. The Morgan fingerprint density at radius 3 is 2.97 bits per heavy atom. The summed E-state index contributed by atoms with van der Waals surface area (Å²) in [6, 6.07) is 3.99. The van der Waals surface area contributed by atoms with E-state index in [4.69, 9.17) is 17.4 Å². The van der Waals surface area contributed by atoms with E-state index in [1.807, 2.05) is 25.6 Å². The number of hydrogen-bond donors (Lipinski definition) is 2. The molecule has 160 valence electrons. The van der Waals surface area contributed by atoms with Gasteiger partial charge in [0.2, 0.25) is 0 Å². The Bertz CT molecular complexity index is 986. The summed E-state index contributed by atoms with van der Waals surface area (Å²) in [6.07, 6.45) is 2.22. The van der Waals surface area contributed by atoms with Crippen LogP contribution in [-0.4, -0.2) is 48.2 Å². The smallest absolute Gasteiger partial charge is 0.325 e. The van der Waals surface area contributed by atoms with Gasteiger partial charge in [-0.05, 0) is 38.3 Å². The van der Waals surface area contributed by atoms with E-state index < -0.39 is 0 Å². The van der Waals surface area contributed by atoms with Gasteiger partial charge in [0.25, 0.3) is 0 Å². The Morgan fingerprint density at radius 2 is 2.20 bits per heavy atom. The molecule has 2 aliphatic rings. The summed E-state index contributed by atoms with van der Waals surface area (Å²) >= 11 is 6.63. The lowest BCUT2D eigenvalue weighted by Crippen LogP contribution is -2.34. The normalized spacial score (nSPS) is 15.6. The van der Waals surface area contributed by atoms with Crippen LogP contribution in [0.2, 0.25) is 0 Å². The number of esters is 1. The molecule has 8 nitrogen and oxygen atoms in total. The number of azo groups is 1. The number of carbonyl (C=O) groups excluding carboxylic acids is 1. The van der Waals surface area contributed by atoms with Gasteiger partial charge >= 0.3 is 5.97 Å². The van der Waals surface area contributed by atoms with Crippen molar-refractivity contribution in [2.45, 2.75) is 42.5 Å². The van der Waals surface area contributed by atoms with Crippen molar-refractivity contribution in [3.05, 3.63) is 17.7 Å². The molecule has 3 heterocycles. The number of benzene rings is 1. The highest BCUT2D eigenvalue weighted by atomic mass is 32.2. The number of aromatic nitrogens is 2. The zero-order valence-corrected chi connectivity index (χ0v) is 19.1.